The lowest BCUT2D eigenvalue weighted by Gasteiger charge is -2.09. The van der Waals surface area contributed by atoms with Gasteiger partial charge in [-0.15, -0.1) is 11.8 Å². The second kappa shape index (κ2) is 5.61. The third kappa shape index (κ3) is 2.60. The Morgan fingerprint density at radius 2 is 2.10 bits per heavy atom. The number of hydrogen-bond acceptors (Lipinski definition) is 7. The predicted octanol–water partition coefficient (Wildman–Crippen LogP) is 2.98. The van der Waals surface area contributed by atoms with Crippen LogP contribution in [0.2, 0.25) is 0 Å². The topological polar surface area (TPSA) is 90.7 Å². The van der Waals surface area contributed by atoms with E-state index in [1.807, 2.05) is 25.3 Å². The summed E-state index contributed by atoms with van der Waals surface area (Å²) < 4.78 is 5.67. The fourth-order valence-electron chi connectivity index (χ4n) is 2.10. The summed E-state index contributed by atoms with van der Waals surface area (Å²) >= 11 is 5.07. The Balaban J connectivity index is 2.05. The molecule has 0 aliphatic carbocycles. The van der Waals surface area contributed by atoms with Crippen LogP contribution in [-0.4, -0.2) is 26.5 Å². The summed E-state index contributed by atoms with van der Waals surface area (Å²) in [5.74, 6) is 0. The molecule has 0 radical (unpaired) electrons. The maximum absolute atomic E-state index is 6.17. The molecule has 2 N–H and O–H groups in total. The van der Waals surface area contributed by atoms with Gasteiger partial charge in [-0.05, 0) is 51.6 Å². The van der Waals surface area contributed by atoms with Crippen LogP contribution < -0.4 is 5.73 Å². The Bertz CT molecular complexity index is 820. The zero-order valence-corrected chi connectivity index (χ0v) is 13.8. The highest BCUT2D eigenvalue weighted by molar-refractivity contribution is 9.10. The van der Waals surface area contributed by atoms with E-state index in [1.54, 1.807) is 11.8 Å². The zero-order valence-electron chi connectivity index (χ0n) is 11.4. The standard InChI is InChI=1S/C13H12BrN5OS/c1-6-8(10(15)11-12(16-6)19-20-18-11)5-7-3-4-9(14)13(17-7)21-2/h3-4H,5,15H2,1-2H3. The summed E-state index contributed by atoms with van der Waals surface area (Å²) in [6, 6.07) is 3.96. The smallest absolute Gasteiger partial charge is 0.226 e. The Morgan fingerprint density at radius 3 is 2.86 bits per heavy atom. The fraction of sp³-hybridized carbons (Fsp3) is 0.231. The van der Waals surface area contributed by atoms with Gasteiger partial charge in [0.2, 0.25) is 5.65 Å². The number of nitrogens with zero attached hydrogens (tertiary/aromatic N) is 4. The lowest BCUT2D eigenvalue weighted by atomic mass is 10.1. The maximum Gasteiger partial charge on any atom is 0.226 e. The van der Waals surface area contributed by atoms with E-state index in [4.69, 9.17) is 10.4 Å². The molecule has 8 heteroatoms. The summed E-state index contributed by atoms with van der Waals surface area (Å²) in [5, 5.41) is 8.47. The predicted molar refractivity (Wildman–Crippen MR) is 85.3 cm³/mol. The zero-order chi connectivity index (χ0) is 15.0. The average molecular weight is 366 g/mol. The van der Waals surface area contributed by atoms with Gasteiger partial charge in [-0.25, -0.2) is 14.6 Å². The normalized spacial score (nSPS) is 11.2. The Morgan fingerprint density at radius 1 is 1.29 bits per heavy atom. The number of halogens is 1. The number of pyridine rings is 2. The first-order valence-corrected chi connectivity index (χ1v) is 8.18. The summed E-state index contributed by atoms with van der Waals surface area (Å²) in [4.78, 5) is 8.97. The Hall–Kier alpha value is -1.67. The first-order valence-electron chi connectivity index (χ1n) is 6.16. The van der Waals surface area contributed by atoms with Crippen molar-refractivity contribution in [2.75, 3.05) is 12.0 Å². The van der Waals surface area contributed by atoms with Crippen molar-refractivity contribution in [2.24, 2.45) is 0 Å². The SMILES string of the molecule is CSc1nc(Cc2c(C)nc3nonc3c2N)ccc1Br. The number of nitrogen functional groups attached to an aromatic ring is 1. The Kier molecular flexibility index (Phi) is 3.81. The molecular weight excluding hydrogens is 354 g/mol. The molecule has 3 rings (SSSR count). The molecule has 108 valence electrons. The van der Waals surface area contributed by atoms with Crippen LogP contribution in [0.5, 0.6) is 0 Å². The molecule has 0 aliphatic heterocycles. The molecule has 0 amide bonds. The van der Waals surface area contributed by atoms with Crippen LogP contribution in [-0.2, 0) is 6.42 Å². The Labute approximate surface area is 133 Å². The van der Waals surface area contributed by atoms with Crippen LogP contribution in [0.1, 0.15) is 17.0 Å². The summed E-state index contributed by atoms with van der Waals surface area (Å²) in [5.41, 5.74) is 10.3. The molecule has 0 bridgehead atoms. The van der Waals surface area contributed by atoms with E-state index in [1.165, 1.54) is 0 Å². The number of aryl methyl sites for hydroxylation is 1. The van der Waals surface area contributed by atoms with Crippen molar-refractivity contribution in [2.45, 2.75) is 18.4 Å². The molecule has 21 heavy (non-hydrogen) atoms. The van der Waals surface area contributed by atoms with Crippen LogP contribution in [0.4, 0.5) is 5.69 Å². The number of rotatable bonds is 3. The largest absolute Gasteiger partial charge is 0.396 e. The molecule has 0 atom stereocenters. The van der Waals surface area contributed by atoms with Crippen LogP contribution >= 0.6 is 27.7 Å². The number of aromatic nitrogens is 4. The minimum atomic E-state index is 0.433. The van der Waals surface area contributed by atoms with Gasteiger partial charge in [0.1, 0.15) is 5.03 Å². The van der Waals surface area contributed by atoms with Crippen LogP contribution in [0.3, 0.4) is 0 Å². The highest BCUT2D eigenvalue weighted by atomic mass is 79.9. The molecule has 3 aromatic rings. The highest BCUT2D eigenvalue weighted by Crippen LogP contribution is 2.28. The van der Waals surface area contributed by atoms with E-state index in [2.05, 4.69) is 36.2 Å². The van der Waals surface area contributed by atoms with Gasteiger partial charge in [0, 0.05) is 27.8 Å². The van der Waals surface area contributed by atoms with Gasteiger partial charge in [-0.3, -0.25) is 0 Å². The molecule has 0 saturated carbocycles. The minimum absolute atomic E-state index is 0.433. The molecule has 0 aromatic carbocycles. The van der Waals surface area contributed by atoms with Crippen molar-refractivity contribution in [3.05, 3.63) is 33.6 Å². The van der Waals surface area contributed by atoms with E-state index in [-0.39, 0.29) is 0 Å². The summed E-state index contributed by atoms with van der Waals surface area (Å²) in [6.45, 7) is 1.90. The molecule has 3 aromatic heterocycles. The van der Waals surface area contributed by atoms with E-state index in [0.717, 1.165) is 26.4 Å². The molecular formula is C13H12BrN5OS. The average Bonchev–Trinajstić information content (AvgIpc) is 2.93. The second-order valence-electron chi connectivity index (χ2n) is 4.50. The van der Waals surface area contributed by atoms with Gasteiger partial charge in [-0.2, -0.15) is 0 Å². The molecule has 0 unspecified atom stereocenters. The van der Waals surface area contributed by atoms with Gasteiger partial charge < -0.3 is 5.73 Å². The van der Waals surface area contributed by atoms with Gasteiger partial charge in [0.25, 0.3) is 0 Å². The first-order chi connectivity index (χ1) is 10.1. The van der Waals surface area contributed by atoms with Crippen molar-refractivity contribution in [1.82, 2.24) is 20.3 Å². The number of anilines is 1. The quantitative estimate of drug-likeness (QED) is 0.713. The van der Waals surface area contributed by atoms with Gasteiger partial charge >= 0.3 is 0 Å². The summed E-state index contributed by atoms with van der Waals surface area (Å²) in [6.07, 6.45) is 2.58. The van der Waals surface area contributed by atoms with Crippen molar-refractivity contribution in [3.63, 3.8) is 0 Å². The highest BCUT2D eigenvalue weighted by Gasteiger charge is 2.15. The number of nitrogens with two attached hydrogens (primary N) is 1. The van der Waals surface area contributed by atoms with Crippen LogP contribution in [0, 0.1) is 6.92 Å². The van der Waals surface area contributed by atoms with Crippen molar-refractivity contribution >= 4 is 44.5 Å². The lowest BCUT2D eigenvalue weighted by molar-refractivity contribution is 0.315. The number of fused-ring (bicyclic) bond motifs is 1. The van der Waals surface area contributed by atoms with Crippen molar-refractivity contribution in [3.8, 4) is 0 Å². The minimum Gasteiger partial charge on any atom is -0.396 e. The maximum atomic E-state index is 6.17. The molecule has 0 fully saturated rings. The monoisotopic (exact) mass is 365 g/mol. The first kappa shape index (κ1) is 14.3. The molecule has 0 aliphatic rings. The van der Waals surface area contributed by atoms with E-state index in [0.29, 0.717) is 23.3 Å². The molecule has 0 spiro atoms. The third-order valence-electron chi connectivity index (χ3n) is 3.18. The van der Waals surface area contributed by atoms with Crippen LogP contribution in [0.15, 0.2) is 26.3 Å². The summed E-state index contributed by atoms with van der Waals surface area (Å²) in [7, 11) is 0. The van der Waals surface area contributed by atoms with Crippen molar-refractivity contribution in [1.29, 1.82) is 0 Å². The van der Waals surface area contributed by atoms with Crippen LogP contribution in [0.25, 0.3) is 11.2 Å². The number of thioether (sulfide) groups is 1. The van der Waals surface area contributed by atoms with Gasteiger partial charge in [0.05, 0.1) is 5.69 Å². The molecule has 0 saturated heterocycles. The second-order valence-corrected chi connectivity index (χ2v) is 6.15. The van der Waals surface area contributed by atoms with E-state index in [9.17, 15) is 0 Å². The third-order valence-corrected chi connectivity index (χ3v) is 4.78. The molecule has 6 nitrogen and oxygen atoms in total. The van der Waals surface area contributed by atoms with E-state index < -0.39 is 0 Å². The van der Waals surface area contributed by atoms with Gasteiger partial charge in [0.15, 0.2) is 5.52 Å². The van der Waals surface area contributed by atoms with Crippen molar-refractivity contribution < 1.29 is 4.63 Å². The van der Waals surface area contributed by atoms with Gasteiger partial charge in [-0.1, -0.05) is 0 Å². The lowest BCUT2D eigenvalue weighted by Crippen LogP contribution is -2.04. The number of hydrogen-bond donors (Lipinski definition) is 1. The van der Waals surface area contributed by atoms with E-state index >= 15 is 0 Å². The fourth-order valence-corrected chi connectivity index (χ4v) is 3.28. The molecule has 3 heterocycles.